The molecule has 0 unspecified atom stereocenters. The average Bonchev–Trinajstić information content (AvgIpc) is 2.55. The van der Waals surface area contributed by atoms with Crippen molar-refractivity contribution in [3.05, 3.63) is 40.4 Å². The van der Waals surface area contributed by atoms with Gasteiger partial charge in [-0.3, -0.25) is 4.84 Å². The summed E-state index contributed by atoms with van der Waals surface area (Å²) in [7, 11) is 0. The minimum Gasteiger partial charge on any atom is -0.269 e. The lowest BCUT2D eigenvalue weighted by Crippen LogP contribution is -2.30. The van der Waals surface area contributed by atoms with Crippen LogP contribution >= 0.6 is 11.6 Å². The fraction of sp³-hybridized carbons (Fsp3) is 0.429. The molecule has 2 aliphatic heterocycles. The smallest absolute Gasteiger partial charge is 0.0921 e. The van der Waals surface area contributed by atoms with E-state index in [0.717, 1.165) is 17.9 Å². The molecule has 2 aliphatic rings. The van der Waals surface area contributed by atoms with Crippen LogP contribution in [0.1, 0.15) is 25.8 Å². The van der Waals surface area contributed by atoms with E-state index in [9.17, 15) is 0 Å². The van der Waals surface area contributed by atoms with Gasteiger partial charge in [0.15, 0.2) is 0 Å². The van der Waals surface area contributed by atoms with Crippen LogP contribution < -0.4 is 5.06 Å². The molecule has 1 aromatic rings. The Hall–Kier alpha value is -0.990. The molecule has 2 atom stereocenters. The van der Waals surface area contributed by atoms with Gasteiger partial charge in [-0.1, -0.05) is 23.3 Å². The second-order valence-electron chi connectivity index (χ2n) is 5.08. The highest BCUT2D eigenvalue weighted by Crippen LogP contribution is 2.39. The number of allylic oxidation sites excluding steroid dienone is 1. The summed E-state index contributed by atoms with van der Waals surface area (Å²) in [6.45, 7) is 4.26. The van der Waals surface area contributed by atoms with Crippen LogP contribution in [0.2, 0.25) is 5.02 Å². The maximum atomic E-state index is 6.04. The summed E-state index contributed by atoms with van der Waals surface area (Å²) in [5.41, 5.74) is 3.81. The number of nitrogens with zero attached hydrogens (tertiary/aromatic N) is 1. The van der Waals surface area contributed by atoms with Crippen LogP contribution in [0.25, 0.3) is 0 Å². The van der Waals surface area contributed by atoms with E-state index in [4.69, 9.17) is 16.4 Å². The van der Waals surface area contributed by atoms with E-state index in [-0.39, 0.29) is 0 Å². The number of rotatable bonds is 1. The first kappa shape index (κ1) is 11.1. The molecule has 0 aromatic heterocycles. The van der Waals surface area contributed by atoms with Crippen molar-refractivity contribution >= 4 is 17.3 Å². The quantitative estimate of drug-likeness (QED) is 0.703. The van der Waals surface area contributed by atoms with Gasteiger partial charge in [-0.25, -0.2) is 5.06 Å². The van der Waals surface area contributed by atoms with Crippen LogP contribution in [-0.2, 0) is 11.3 Å². The zero-order valence-corrected chi connectivity index (χ0v) is 10.9. The van der Waals surface area contributed by atoms with Crippen LogP contribution in [-0.4, -0.2) is 12.1 Å². The summed E-state index contributed by atoms with van der Waals surface area (Å²) in [5.74, 6) is 0. The molecule has 0 aliphatic carbocycles. The third-order valence-electron chi connectivity index (χ3n) is 3.32. The Labute approximate surface area is 107 Å². The van der Waals surface area contributed by atoms with E-state index in [2.05, 4.69) is 32.1 Å². The van der Waals surface area contributed by atoms with Gasteiger partial charge in [-0.05, 0) is 37.6 Å². The Kier molecular flexibility index (Phi) is 2.64. The van der Waals surface area contributed by atoms with E-state index in [1.165, 1.54) is 16.8 Å². The van der Waals surface area contributed by atoms with Gasteiger partial charge in [0.2, 0.25) is 0 Å². The fourth-order valence-electron chi connectivity index (χ4n) is 2.70. The van der Waals surface area contributed by atoms with E-state index < -0.39 is 0 Å². The Morgan fingerprint density at radius 2 is 2.29 bits per heavy atom. The lowest BCUT2D eigenvalue weighted by Gasteiger charge is -2.29. The van der Waals surface area contributed by atoms with Crippen molar-refractivity contribution in [2.24, 2.45) is 0 Å². The van der Waals surface area contributed by atoms with E-state index in [0.29, 0.717) is 12.1 Å². The summed E-state index contributed by atoms with van der Waals surface area (Å²) in [5, 5.41) is 2.86. The van der Waals surface area contributed by atoms with Crippen molar-refractivity contribution in [2.75, 3.05) is 5.06 Å². The molecule has 90 valence electrons. The lowest BCUT2D eigenvalue weighted by molar-refractivity contribution is 0.0752. The number of hydrogen-bond donors (Lipinski definition) is 0. The zero-order chi connectivity index (χ0) is 12.0. The molecule has 17 heavy (non-hydrogen) atoms. The number of halogens is 1. The monoisotopic (exact) mass is 249 g/mol. The van der Waals surface area contributed by atoms with Gasteiger partial charge in [0, 0.05) is 17.9 Å². The maximum absolute atomic E-state index is 6.04. The van der Waals surface area contributed by atoms with Crippen LogP contribution in [0.3, 0.4) is 0 Å². The van der Waals surface area contributed by atoms with E-state index in [1.807, 2.05) is 11.1 Å². The number of hydroxylamine groups is 1. The molecule has 0 spiro atoms. The highest BCUT2D eigenvalue weighted by molar-refractivity contribution is 6.30. The molecule has 3 rings (SSSR count). The van der Waals surface area contributed by atoms with Crippen LogP contribution in [0, 0.1) is 0 Å². The van der Waals surface area contributed by atoms with Crippen LogP contribution in [0.15, 0.2) is 29.8 Å². The van der Waals surface area contributed by atoms with E-state index in [1.54, 1.807) is 0 Å². The first-order valence-corrected chi connectivity index (χ1v) is 6.41. The standard InChI is InChI=1S/C14H16ClNO/c1-9(2)5-12-8-13-7-10-6-11(15)3-4-14(10)16(12)17-13/h3-6,12-13H,7-8H2,1-2H3/t12-,13+/m0/s1. The molecule has 2 nitrogen and oxygen atoms in total. The largest absolute Gasteiger partial charge is 0.269 e. The normalized spacial score (nSPS) is 25.7. The third-order valence-corrected chi connectivity index (χ3v) is 3.56. The van der Waals surface area contributed by atoms with Crippen molar-refractivity contribution in [3.8, 4) is 0 Å². The molecule has 0 amide bonds. The number of benzene rings is 1. The minimum atomic E-state index is 0.307. The predicted octanol–water partition coefficient (Wildman–Crippen LogP) is 3.74. The Morgan fingerprint density at radius 3 is 3.06 bits per heavy atom. The highest BCUT2D eigenvalue weighted by atomic mass is 35.5. The topological polar surface area (TPSA) is 12.5 Å². The molecule has 1 saturated heterocycles. The Bertz CT molecular complexity index is 479. The van der Waals surface area contributed by atoms with Crippen molar-refractivity contribution in [2.45, 2.75) is 38.8 Å². The summed E-state index contributed by atoms with van der Waals surface area (Å²) in [4.78, 5) is 5.92. The van der Waals surface area contributed by atoms with Gasteiger partial charge in [-0.2, -0.15) is 0 Å². The molecular formula is C14H16ClNO. The zero-order valence-electron chi connectivity index (χ0n) is 10.1. The van der Waals surface area contributed by atoms with Gasteiger partial charge >= 0.3 is 0 Å². The molecule has 3 heteroatoms. The molecule has 1 fully saturated rings. The van der Waals surface area contributed by atoms with Crippen LogP contribution in [0.4, 0.5) is 5.69 Å². The predicted molar refractivity (Wildman–Crippen MR) is 70.3 cm³/mol. The molecule has 0 saturated carbocycles. The maximum Gasteiger partial charge on any atom is 0.0921 e. The molecule has 0 radical (unpaired) electrons. The highest BCUT2D eigenvalue weighted by Gasteiger charge is 2.38. The molecule has 0 N–H and O–H groups in total. The summed E-state index contributed by atoms with van der Waals surface area (Å²) in [6, 6.07) is 6.42. The van der Waals surface area contributed by atoms with Gasteiger partial charge < -0.3 is 0 Å². The van der Waals surface area contributed by atoms with Crippen molar-refractivity contribution in [1.82, 2.24) is 0 Å². The van der Waals surface area contributed by atoms with Crippen LogP contribution in [0.5, 0.6) is 0 Å². The number of hydrogen-bond acceptors (Lipinski definition) is 2. The fourth-order valence-corrected chi connectivity index (χ4v) is 2.90. The van der Waals surface area contributed by atoms with Crippen molar-refractivity contribution in [1.29, 1.82) is 0 Å². The lowest BCUT2D eigenvalue weighted by atomic mass is 10.0. The number of anilines is 1. The second kappa shape index (κ2) is 4.04. The van der Waals surface area contributed by atoms with Gasteiger partial charge in [0.25, 0.3) is 0 Å². The van der Waals surface area contributed by atoms with Gasteiger partial charge in [-0.15, -0.1) is 0 Å². The summed E-state index contributed by atoms with van der Waals surface area (Å²) in [6.07, 6.45) is 4.63. The summed E-state index contributed by atoms with van der Waals surface area (Å²) < 4.78 is 0. The average molecular weight is 250 g/mol. The molecule has 2 bridgehead atoms. The first-order valence-electron chi connectivity index (χ1n) is 6.03. The van der Waals surface area contributed by atoms with Gasteiger partial charge in [0.1, 0.15) is 0 Å². The Balaban J connectivity index is 2.00. The first-order chi connectivity index (χ1) is 8.13. The molecule has 2 heterocycles. The molecule has 1 aromatic carbocycles. The second-order valence-corrected chi connectivity index (χ2v) is 5.51. The SMILES string of the molecule is CC(C)=C[C@H]1C[C@H]2Cc3cc(Cl)ccc3N1O2. The molecular weight excluding hydrogens is 234 g/mol. The third kappa shape index (κ3) is 1.96. The van der Waals surface area contributed by atoms with Crippen molar-refractivity contribution in [3.63, 3.8) is 0 Å². The van der Waals surface area contributed by atoms with E-state index >= 15 is 0 Å². The summed E-state index contributed by atoms with van der Waals surface area (Å²) >= 11 is 6.04. The minimum absolute atomic E-state index is 0.307. The van der Waals surface area contributed by atoms with Crippen molar-refractivity contribution < 1.29 is 4.84 Å². The van der Waals surface area contributed by atoms with Gasteiger partial charge in [0.05, 0.1) is 17.8 Å². The Morgan fingerprint density at radius 1 is 1.47 bits per heavy atom. The number of fused-ring (bicyclic) bond motifs is 4.